The first-order valence-electron chi connectivity index (χ1n) is 5.09. The van der Waals surface area contributed by atoms with E-state index in [-0.39, 0.29) is 5.82 Å². The molecule has 2 rings (SSSR count). The number of anilines is 3. The molecule has 0 radical (unpaired) electrons. The Balaban J connectivity index is 2.37. The summed E-state index contributed by atoms with van der Waals surface area (Å²) < 4.78 is 0.720. The zero-order valence-corrected chi connectivity index (χ0v) is 12.5. The number of nitrogens with one attached hydrogen (secondary N) is 1. The Kier molecular flexibility index (Phi) is 4.15. The lowest BCUT2D eigenvalue weighted by molar-refractivity contribution is 1.31. The molecule has 1 aromatic carbocycles. The summed E-state index contributed by atoms with van der Waals surface area (Å²) in [4.78, 5) is 4.07. The third-order valence-electron chi connectivity index (χ3n) is 2.31. The maximum absolute atomic E-state index is 8.80. The van der Waals surface area contributed by atoms with Gasteiger partial charge < -0.3 is 11.1 Å². The Morgan fingerprint density at radius 3 is 2.63 bits per heavy atom. The molecule has 0 aliphatic heterocycles. The van der Waals surface area contributed by atoms with E-state index in [0.29, 0.717) is 21.4 Å². The van der Waals surface area contributed by atoms with E-state index in [1.54, 1.807) is 18.2 Å². The van der Waals surface area contributed by atoms with E-state index in [4.69, 9.17) is 34.2 Å². The van der Waals surface area contributed by atoms with E-state index in [2.05, 4.69) is 26.2 Å². The molecule has 0 saturated heterocycles. The Bertz CT molecular complexity index is 682. The van der Waals surface area contributed by atoms with Crippen LogP contribution in [0.4, 0.5) is 17.3 Å². The fraction of sp³-hybridized carbons (Fsp3) is 0. The van der Waals surface area contributed by atoms with Gasteiger partial charge in [0.2, 0.25) is 0 Å². The van der Waals surface area contributed by atoms with Crippen molar-refractivity contribution in [1.82, 2.24) is 4.98 Å². The summed E-state index contributed by atoms with van der Waals surface area (Å²) in [6.07, 6.45) is 0. The number of hydrogen-bond donors (Lipinski definition) is 2. The van der Waals surface area contributed by atoms with Crippen LogP contribution in [0.2, 0.25) is 10.0 Å². The second-order valence-corrected chi connectivity index (χ2v) is 5.29. The number of rotatable bonds is 2. The first-order chi connectivity index (χ1) is 9.01. The van der Waals surface area contributed by atoms with Gasteiger partial charge in [0.05, 0.1) is 27.4 Å². The van der Waals surface area contributed by atoms with Crippen molar-refractivity contribution >= 4 is 56.5 Å². The van der Waals surface area contributed by atoms with Crippen LogP contribution in [0.25, 0.3) is 0 Å². The van der Waals surface area contributed by atoms with Gasteiger partial charge in [-0.15, -0.1) is 0 Å². The van der Waals surface area contributed by atoms with Gasteiger partial charge in [-0.2, -0.15) is 5.26 Å². The molecule has 0 aliphatic carbocycles. The molecule has 0 fully saturated rings. The van der Waals surface area contributed by atoms with E-state index < -0.39 is 0 Å². The van der Waals surface area contributed by atoms with Crippen molar-refractivity contribution in [2.45, 2.75) is 0 Å². The number of nitrogen functional groups attached to an aromatic ring is 1. The summed E-state index contributed by atoms with van der Waals surface area (Å²) in [5.41, 5.74) is 6.90. The number of pyridine rings is 1. The fourth-order valence-electron chi connectivity index (χ4n) is 1.38. The molecule has 0 bridgehead atoms. The number of nitriles is 1. The average Bonchev–Trinajstić information content (AvgIpc) is 2.38. The normalized spacial score (nSPS) is 10.0. The van der Waals surface area contributed by atoms with Crippen LogP contribution in [0.3, 0.4) is 0 Å². The predicted octanol–water partition coefficient (Wildman–Crippen LogP) is 4.35. The van der Waals surface area contributed by atoms with E-state index in [0.717, 1.165) is 10.2 Å². The topological polar surface area (TPSA) is 74.7 Å². The highest BCUT2D eigenvalue weighted by Gasteiger charge is 2.09. The monoisotopic (exact) mass is 356 g/mol. The van der Waals surface area contributed by atoms with Crippen LogP contribution in [0.15, 0.2) is 28.7 Å². The SMILES string of the molecule is N#Cc1ccc(Nc2nc(N)c(Cl)cc2Cl)c(Br)c1. The van der Waals surface area contributed by atoms with Crippen molar-refractivity contribution in [2.24, 2.45) is 0 Å². The molecule has 1 aromatic heterocycles. The maximum Gasteiger partial charge on any atom is 0.151 e. The van der Waals surface area contributed by atoms with Crippen molar-refractivity contribution in [3.63, 3.8) is 0 Å². The lowest BCUT2D eigenvalue weighted by atomic mass is 10.2. The minimum absolute atomic E-state index is 0.193. The summed E-state index contributed by atoms with van der Waals surface area (Å²) in [5.74, 6) is 0.590. The van der Waals surface area contributed by atoms with Gasteiger partial charge in [0, 0.05) is 4.47 Å². The van der Waals surface area contributed by atoms with Gasteiger partial charge in [0.1, 0.15) is 5.82 Å². The summed E-state index contributed by atoms with van der Waals surface area (Å²) in [7, 11) is 0. The molecule has 3 N–H and O–H groups in total. The molecule has 96 valence electrons. The minimum Gasteiger partial charge on any atom is -0.382 e. The van der Waals surface area contributed by atoms with Crippen molar-refractivity contribution in [2.75, 3.05) is 11.1 Å². The Labute approximate surface area is 128 Å². The van der Waals surface area contributed by atoms with Gasteiger partial charge in [0.25, 0.3) is 0 Å². The largest absolute Gasteiger partial charge is 0.382 e. The molecule has 0 unspecified atom stereocenters. The number of nitrogens with two attached hydrogens (primary N) is 1. The molecule has 0 atom stereocenters. The van der Waals surface area contributed by atoms with Crippen LogP contribution in [-0.4, -0.2) is 4.98 Å². The number of nitrogens with zero attached hydrogens (tertiary/aromatic N) is 2. The lowest BCUT2D eigenvalue weighted by Gasteiger charge is -2.10. The highest BCUT2D eigenvalue weighted by Crippen LogP contribution is 2.32. The molecule has 19 heavy (non-hydrogen) atoms. The zero-order chi connectivity index (χ0) is 14.0. The number of hydrogen-bond acceptors (Lipinski definition) is 4. The molecule has 1 heterocycles. The average molecular weight is 358 g/mol. The first-order valence-corrected chi connectivity index (χ1v) is 6.64. The Morgan fingerprint density at radius 2 is 2.00 bits per heavy atom. The van der Waals surface area contributed by atoms with Crippen molar-refractivity contribution in [3.05, 3.63) is 44.3 Å². The smallest absolute Gasteiger partial charge is 0.151 e. The van der Waals surface area contributed by atoms with E-state index in [1.165, 1.54) is 6.07 Å². The molecule has 4 nitrogen and oxygen atoms in total. The van der Waals surface area contributed by atoms with Crippen LogP contribution < -0.4 is 11.1 Å². The van der Waals surface area contributed by atoms with Crippen LogP contribution in [0.5, 0.6) is 0 Å². The summed E-state index contributed by atoms with van der Waals surface area (Å²) in [6.45, 7) is 0. The van der Waals surface area contributed by atoms with E-state index in [1.807, 2.05) is 6.07 Å². The maximum atomic E-state index is 8.80. The predicted molar refractivity (Wildman–Crippen MR) is 80.8 cm³/mol. The van der Waals surface area contributed by atoms with Gasteiger partial charge in [-0.3, -0.25) is 0 Å². The highest BCUT2D eigenvalue weighted by molar-refractivity contribution is 9.10. The molecular weight excluding hydrogens is 351 g/mol. The molecule has 0 aliphatic rings. The molecule has 0 amide bonds. The van der Waals surface area contributed by atoms with Crippen LogP contribution in [0.1, 0.15) is 5.56 Å². The standard InChI is InChI=1S/C12H7BrCl2N4/c13-7-3-6(5-16)1-2-10(7)18-12-9(15)4-8(14)11(17)19-12/h1-4H,(H3,17,18,19). The van der Waals surface area contributed by atoms with Crippen LogP contribution in [0, 0.1) is 11.3 Å². The fourth-order valence-corrected chi connectivity index (χ4v) is 2.27. The third-order valence-corrected chi connectivity index (χ3v) is 3.55. The van der Waals surface area contributed by atoms with Gasteiger partial charge in [-0.1, -0.05) is 23.2 Å². The van der Waals surface area contributed by atoms with Gasteiger partial charge in [0.15, 0.2) is 5.82 Å². The second kappa shape index (κ2) is 5.66. The van der Waals surface area contributed by atoms with Crippen molar-refractivity contribution in [3.8, 4) is 6.07 Å². The van der Waals surface area contributed by atoms with Gasteiger partial charge in [-0.25, -0.2) is 4.98 Å². The van der Waals surface area contributed by atoms with E-state index in [9.17, 15) is 0 Å². The third kappa shape index (κ3) is 3.10. The molecule has 0 saturated carbocycles. The number of halogens is 3. The van der Waals surface area contributed by atoms with Gasteiger partial charge >= 0.3 is 0 Å². The van der Waals surface area contributed by atoms with Crippen molar-refractivity contribution in [1.29, 1.82) is 5.26 Å². The van der Waals surface area contributed by atoms with Gasteiger partial charge in [-0.05, 0) is 40.2 Å². The zero-order valence-electron chi connectivity index (χ0n) is 9.42. The summed E-state index contributed by atoms with van der Waals surface area (Å²) in [5, 5.41) is 12.5. The minimum atomic E-state index is 0.193. The summed E-state index contributed by atoms with van der Waals surface area (Å²) >= 11 is 15.2. The number of benzene rings is 1. The summed E-state index contributed by atoms with van der Waals surface area (Å²) in [6, 6.07) is 8.68. The highest BCUT2D eigenvalue weighted by atomic mass is 79.9. The Hall–Kier alpha value is -1.48. The molecule has 7 heteroatoms. The first kappa shape index (κ1) is 13.9. The number of aromatic nitrogens is 1. The molecule has 0 spiro atoms. The van der Waals surface area contributed by atoms with Crippen LogP contribution >= 0.6 is 39.1 Å². The Morgan fingerprint density at radius 1 is 1.26 bits per heavy atom. The van der Waals surface area contributed by atoms with Crippen LogP contribution in [-0.2, 0) is 0 Å². The van der Waals surface area contributed by atoms with E-state index >= 15 is 0 Å². The molecule has 2 aromatic rings. The lowest BCUT2D eigenvalue weighted by Crippen LogP contribution is -1.99. The molecular formula is C12H7BrCl2N4. The van der Waals surface area contributed by atoms with Crippen molar-refractivity contribution < 1.29 is 0 Å². The second-order valence-electron chi connectivity index (χ2n) is 3.62. The quantitative estimate of drug-likeness (QED) is 0.837.